The summed E-state index contributed by atoms with van der Waals surface area (Å²) in [4.78, 5) is 0. The van der Waals surface area contributed by atoms with Gasteiger partial charge in [0.2, 0.25) is 0 Å². The van der Waals surface area contributed by atoms with E-state index >= 15 is 0 Å². The highest BCUT2D eigenvalue weighted by Crippen LogP contribution is 2.36. The summed E-state index contributed by atoms with van der Waals surface area (Å²) in [6, 6.07) is 9.70. The zero-order valence-electron chi connectivity index (χ0n) is 13.0. The van der Waals surface area contributed by atoms with Gasteiger partial charge in [-0.15, -0.1) is 0 Å². The Kier molecular flexibility index (Phi) is 6.55. The molecule has 0 heterocycles. The van der Waals surface area contributed by atoms with Gasteiger partial charge in [0.15, 0.2) is 0 Å². The molecule has 0 radical (unpaired) electrons. The predicted molar refractivity (Wildman–Crippen MR) is 85.2 cm³/mol. The third kappa shape index (κ3) is 4.32. The van der Waals surface area contributed by atoms with Gasteiger partial charge in [-0.2, -0.15) is 0 Å². The van der Waals surface area contributed by atoms with Crippen LogP contribution in [0.1, 0.15) is 69.0 Å². The van der Waals surface area contributed by atoms with Crippen molar-refractivity contribution >= 4 is 0 Å². The Morgan fingerprint density at radius 3 is 2.45 bits per heavy atom. The number of rotatable bonds is 9. The van der Waals surface area contributed by atoms with Crippen molar-refractivity contribution in [1.29, 1.82) is 0 Å². The molecule has 0 aromatic heterocycles. The number of nitrogens with one attached hydrogen (secondary N) is 1. The van der Waals surface area contributed by atoms with Gasteiger partial charge in [-0.25, -0.2) is 0 Å². The smallest absolute Gasteiger partial charge is 0.0484 e. The Bertz CT molecular complexity index is 370. The van der Waals surface area contributed by atoms with Gasteiger partial charge in [0.25, 0.3) is 0 Å². The number of benzene rings is 1. The molecule has 112 valence electrons. The molecule has 0 bridgehead atoms. The Morgan fingerprint density at radius 2 is 1.90 bits per heavy atom. The fourth-order valence-corrected chi connectivity index (χ4v) is 2.82. The van der Waals surface area contributed by atoms with Gasteiger partial charge in [-0.05, 0) is 49.3 Å². The second-order valence-corrected chi connectivity index (χ2v) is 5.81. The Hall–Kier alpha value is -0.860. The van der Waals surface area contributed by atoms with Gasteiger partial charge >= 0.3 is 0 Å². The fraction of sp³-hybridized carbons (Fsp3) is 0.667. The van der Waals surface area contributed by atoms with Crippen molar-refractivity contribution in [3.8, 4) is 0 Å². The van der Waals surface area contributed by atoms with E-state index in [0.29, 0.717) is 6.04 Å². The zero-order valence-corrected chi connectivity index (χ0v) is 13.0. The van der Waals surface area contributed by atoms with E-state index < -0.39 is 0 Å². The van der Waals surface area contributed by atoms with Gasteiger partial charge < -0.3 is 10.1 Å². The van der Waals surface area contributed by atoms with Crippen LogP contribution in [0.4, 0.5) is 0 Å². The van der Waals surface area contributed by atoms with Crippen molar-refractivity contribution in [2.75, 3.05) is 19.8 Å². The first-order valence-electron chi connectivity index (χ1n) is 8.26. The van der Waals surface area contributed by atoms with Crippen molar-refractivity contribution in [2.45, 2.75) is 57.9 Å². The number of hydrogen-bond acceptors (Lipinski definition) is 2. The molecule has 1 aromatic rings. The van der Waals surface area contributed by atoms with E-state index in [9.17, 15) is 0 Å². The maximum Gasteiger partial charge on any atom is 0.0484 e. The highest BCUT2D eigenvalue weighted by Gasteiger charge is 2.19. The summed E-state index contributed by atoms with van der Waals surface area (Å²) in [5, 5.41) is 3.57. The van der Waals surface area contributed by atoms with E-state index in [4.69, 9.17) is 4.74 Å². The van der Waals surface area contributed by atoms with E-state index in [1.807, 2.05) is 0 Å². The molecule has 1 saturated carbocycles. The lowest BCUT2D eigenvalue weighted by Gasteiger charge is -2.26. The quantitative estimate of drug-likeness (QED) is 0.674. The Balaban J connectivity index is 1.89. The molecule has 1 unspecified atom stereocenters. The minimum atomic E-state index is 0.423. The van der Waals surface area contributed by atoms with Crippen LogP contribution in [0, 0.1) is 0 Å². The molecule has 0 amide bonds. The molecule has 2 rings (SSSR count). The highest BCUT2D eigenvalue weighted by atomic mass is 16.5. The van der Waals surface area contributed by atoms with Crippen LogP contribution >= 0.6 is 0 Å². The third-order valence-electron chi connectivity index (χ3n) is 4.27. The molecule has 1 N–H and O–H groups in total. The second kappa shape index (κ2) is 8.43. The molecule has 0 spiro atoms. The van der Waals surface area contributed by atoms with Gasteiger partial charge in [0.05, 0.1) is 0 Å². The standard InChI is InChI=1S/C18H29NO/c1-3-13-20-14-12-18(19-4-2)17-10-8-16(9-11-17)15-6-5-7-15/h8-11,15,18-19H,3-7,12-14H2,1-2H3. The van der Waals surface area contributed by atoms with E-state index in [-0.39, 0.29) is 0 Å². The van der Waals surface area contributed by atoms with Crippen molar-refractivity contribution in [2.24, 2.45) is 0 Å². The third-order valence-corrected chi connectivity index (χ3v) is 4.27. The van der Waals surface area contributed by atoms with Crippen LogP contribution in [0.25, 0.3) is 0 Å². The van der Waals surface area contributed by atoms with Crippen molar-refractivity contribution in [3.05, 3.63) is 35.4 Å². The number of ether oxygens (including phenoxy) is 1. The maximum absolute atomic E-state index is 5.63. The van der Waals surface area contributed by atoms with Gasteiger partial charge in [0.1, 0.15) is 0 Å². The van der Waals surface area contributed by atoms with Crippen LogP contribution in [0.15, 0.2) is 24.3 Å². The van der Waals surface area contributed by atoms with Crippen LogP contribution in [-0.2, 0) is 4.74 Å². The first kappa shape index (κ1) is 15.5. The predicted octanol–water partition coefficient (Wildman–Crippen LogP) is 4.42. The Morgan fingerprint density at radius 1 is 1.15 bits per heavy atom. The van der Waals surface area contributed by atoms with Crippen LogP contribution < -0.4 is 5.32 Å². The lowest BCUT2D eigenvalue weighted by molar-refractivity contribution is 0.124. The van der Waals surface area contributed by atoms with Crippen LogP contribution in [-0.4, -0.2) is 19.8 Å². The van der Waals surface area contributed by atoms with Crippen LogP contribution in [0.2, 0.25) is 0 Å². The minimum absolute atomic E-state index is 0.423. The SMILES string of the molecule is CCCOCCC(NCC)c1ccc(C2CCC2)cc1. The first-order chi connectivity index (χ1) is 9.85. The molecule has 1 atom stereocenters. The summed E-state index contributed by atoms with van der Waals surface area (Å²) in [5.74, 6) is 0.828. The van der Waals surface area contributed by atoms with Gasteiger partial charge in [-0.3, -0.25) is 0 Å². The normalized spacial score (nSPS) is 16.9. The van der Waals surface area contributed by atoms with Gasteiger partial charge in [0, 0.05) is 19.3 Å². The summed E-state index contributed by atoms with van der Waals surface area (Å²) in [5.41, 5.74) is 2.92. The topological polar surface area (TPSA) is 21.3 Å². The molecular weight excluding hydrogens is 246 g/mol. The lowest BCUT2D eigenvalue weighted by atomic mass is 9.80. The lowest BCUT2D eigenvalue weighted by Crippen LogP contribution is -2.22. The van der Waals surface area contributed by atoms with Crippen LogP contribution in [0.3, 0.4) is 0 Å². The van der Waals surface area contributed by atoms with Crippen molar-refractivity contribution in [1.82, 2.24) is 5.32 Å². The van der Waals surface area contributed by atoms with E-state index in [2.05, 4.69) is 43.4 Å². The largest absolute Gasteiger partial charge is 0.381 e. The molecule has 1 aromatic carbocycles. The van der Waals surface area contributed by atoms with E-state index in [1.54, 1.807) is 0 Å². The zero-order chi connectivity index (χ0) is 14.2. The molecule has 1 aliphatic carbocycles. The van der Waals surface area contributed by atoms with E-state index in [0.717, 1.165) is 38.5 Å². The monoisotopic (exact) mass is 275 g/mol. The summed E-state index contributed by atoms with van der Waals surface area (Å²) in [7, 11) is 0. The summed E-state index contributed by atoms with van der Waals surface area (Å²) < 4.78 is 5.63. The Labute approximate surface area is 123 Å². The number of hydrogen-bond donors (Lipinski definition) is 1. The summed E-state index contributed by atoms with van der Waals surface area (Å²) in [6.45, 7) is 7.04. The minimum Gasteiger partial charge on any atom is -0.381 e. The molecule has 20 heavy (non-hydrogen) atoms. The fourth-order valence-electron chi connectivity index (χ4n) is 2.82. The molecular formula is C18H29NO. The van der Waals surface area contributed by atoms with E-state index in [1.165, 1.54) is 30.4 Å². The molecule has 0 aliphatic heterocycles. The average Bonchev–Trinajstić information content (AvgIpc) is 2.41. The van der Waals surface area contributed by atoms with Crippen molar-refractivity contribution < 1.29 is 4.74 Å². The average molecular weight is 275 g/mol. The second-order valence-electron chi connectivity index (χ2n) is 5.81. The molecule has 2 heteroatoms. The molecule has 1 aliphatic rings. The highest BCUT2D eigenvalue weighted by molar-refractivity contribution is 5.28. The summed E-state index contributed by atoms with van der Waals surface area (Å²) >= 11 is 0. The molecule has 0 saturated heterocycles. The summed E-state index contributed by atoms with van der Waals surface area (Å²) in [6.07, 6.45) is 6.31. The van der Waals surface area contributed by atoms with Crippen LogP contribution in [0.5, 0.6) is 0 Å². The first-order valence-corrected chi connectivity index (χ1v) is 8.26. The maximum atomic E-state index is 5.63. The molecule has 1 fully saturated rings. The molecule has 2 nitrogen and oxygen atoms in total. The van der Waals surface area contributed by atoms with Crippen molar-refractivity contribution in [3.63, 3.8) is 0 Å². The van der Waals surface area contributed by atoms with Gasteiger partial charge in [-0.1, -0.05) is 44.5 Å².